The Bertz CT molecular complexity index is 593. The highest BCUT2D eigenvalue weighted by atomic mass is 35.5. The Kier molecular flexibility index (Phi) is 5.06. The van der Waals surface area contributed by atoms with Gasteiger partial charge in [-0.1, -0.05) is 17.7 Å². The van der Waals surface area contributed by atoms with E-state index in [0.717, 1.165) is 38.8 Å². The lowest BCUT2D eigenvalue weighted by atomic mass is 10.0. The largest absolute Gasteiger partial charge is 0.341 e. The van der Waals surface area contributed by atoms with Crippen LogP contribution in [0, 0.1) is 0 Å². The van der Waals surface area contributed by atoms with Gasteiger partial charge in [0.25, 0.3) is 0 Å². The molecule has 0 spiro atoms. The molecule has 1 atom stereocenters. The van der Waals surface area contributed by atoms with Gasteiger partial charge in [0, 0.05) is 36.8 Å². The van der Waals surface area contributed by atoms with Crippen molar-refractivity contribution in [2.45, 2.75) is 38.1 Å². The number of benzene rings is 1. The van der Waals surface area contributed by atoms with E-state index in [4.69, 9.17) is 11.6 Å². The number of piperidine rings is 1. The number of urea groups is 1. The van der Waals surface area contributed by atoms with Crippen molar-refractivity contribution < 1.29 is 9.59 Å². The van der Waals surface area contributed by atoms with Gasteiger partial charge in [0.2, 0.25) is 5.91 Å². The van der Waals surface area contributed by atoms with Gasteiger partial charge in [0.1, 0.15) is 0 Å². The molecule has 1 aromatic carbocycles. The molecule has 2 aliphatic heterocycles. The highest BCUT2D eigenvalue weighted by molar-refractivity contribution is 6.30. The van der Waals surface area contributed by atoms with E-state index in [9.17, 15) is 9.59 Å². The second kappa shape index (κ2) is 7.21. The minimum Gasteiger partial charge on any atom is -0.341 e. The maximum Gasteiger partial charge on any atom is 0.322 e. The fourth-order valence-corrected chi connectivity index (χ4v) is 3.56. The number of rotatable bonds is 3. The second-order valence-corrected chi connectivity index (χ2v) is 6.66. The molecule has 6 heteroatoms. The summed E-state index contributed by atoms with van der Waals surface area (Å²) in [5.74, 6) is 0.214. The number of nitrogens with zero attached hydrogens (tertiary/aromatic N) is 2. The topological polar surface area (TPSA) is 52.7 Å². The first-order chi connectivity index (χ1) is 11.1. The maximum atomic E-state index is 12.6. The van der Waals surface area contributed by atoms with Crippen molar-refractivity contribution in [2.75, 3.05) is 25.0 Å². The van der Waals surface area contributed by atoms with Crippen molar-refractivity contribution in [1.29, 1.82) is 0 Å². The van der Waals surface area contributed by atoms with Crippen LogP contribution in [0.5, 0.6) is 0 Å². The van der Waals surface area contributed by atoms with Crippen molar-refractivity contribution in [3.63, 3.8) is 0 Å². The van der Waals surface area contributed by atoms with Crippen LogP contribution < -0.4 is 5.32 Å². The zero-order valence-corrected chi connectivity index (χ0v) is 13.9. The molecular formula is C17H22ClN3O2. The first kappa shape index (κ1) is 16.1. The quantitative estimate of drug-likeness (QED) is 0.921. The summed E-state index contributed by atoms with van der Waals surface area (Å²) in [7, 11) is 0. The van der Waals surface area contributed by atoms with Gasteiger partial charge >= 0.3 is 6.03 Å². The molecule has 2 aliphatic rings. The van der Waals surface area contributed by atoms with Crippen molar-refractivity contribution in [2.24, 2.45) is 0 Å². The zero-order valence-electron chi connectivity index (χ0n) is 13.1. The van der Waals surface area contributed by atoms with Crippen molar-refractivity contribution >= 4 is 29.2 Å². The average molecular weight is 336 g/mol. The molecule has 0 saturated carbocycles. The molecule has 2 saturated heterocycles. The number of carbonyl (C=O) groups excluding carboxylic acids is 2. The normalized spacial score (nSPS) is 21.6. The van der Waals surface area contributed by atoms with Crippen molar-refractivity contribution in [1.82, 2.24) is 9.80 Å². The molecule has 124 valence electrons. The van der Waals surface area contributed by atoms with Gasteiger partial charge in [-0.2, -0.15) is 0 Å². The molecule has 0 radical (unpaired) electrons. The van der Waals surface area contributed by atoms with E-state index in [0.29, 0.717) is 23.7 Å². The van der Waals surface area contributed by atoms with Crippen LogP contribution in [-0.4, -0.2) is 47.4 Å². The van der Waals surface area contributed by atoms with Crippen molar-refractivity contribution in [3.8, 4) is 0 Å². The highest BCUT2D eigenvalue weighted by Gasteiger charge is 2.31. The summed E-state index contributed by atoms with van der Waals surface area (Å²) in [4.78, 5) is 28.2. The molecule has 3 amide bonds. The van der Waals surface area contributed by atoms with Gasteiger partial charge < -0.3 is 15.1 Å². The first-order valence-electron chi connectivity index (χ1n) is 8.24. The zero-order chi connectivity index (χ0) is 16.2. The summed E-state index contributed by atoms with van der Waals surface area (Å²) in [5.41, 5.74) is 0.698. The van der Waals surface area contributed by atoms with Gasteiger partial charge in [-0.25, -0.2) is 4.79 Å². The van der Waals surface area contributed by atoms with Crippen LogP contribution in [0.1, 0.15) is 32.1 Å². The monoisotopic (exact) mass is 335 g/mol. The number of hydrogen-bond donors (Lipinski definition) is 1. The predicted molar refractivity (Wildman–Crippen MR) is 90.6 cm³/mol. The predicted octanol–water partition coefficient (Wildman–Crippen LogP) is 3.35. The number of hydrogen-bond acceptors (Lipinski definition) is 2. The van der Waals surface area contributed by atoms with E-state index in [2.05, 4.69) is 5.32 Å². The number of halogens is 1. The lowest BCUT2D eigenvalue weighted by molar-refractivity contribution is -0.128. The van der Waals surface area contributed by atoms with Gasteiger partial charge in [0.05, 0.1) is 6.04 Å². The van der Waals surface area contributed by atoms with Crippen LogP contribution in [-0.2, 0) is 4.79 Å². The summed E-state index contributed by atoms with van der Waals surface area (Å²) in [6.45, 7) is 2.21. The van der Waals surface area contributed by atoms with Crippen molar-refractivity contribution in [3.05, 3.63) is 29.3 Å². The Labute approximate surface area is 141 Å². The van der Waals surface area contributed by atoms with Crippen LogP contribution in [0.15, 0.2) is 24.3 Å². The molecule has 2 fully saturated rings. The summed E-state index contributed by atoms with van der Waals surface area (Å²) in [6, 6.07) is 7.15. The van der Waals surface area contributed by atoms with E-state index in [1.165, 1.54) is 0 Å². The fourth-order valence-electron chi connectivity index (χ4n) is 3.37. The number of nitrogens with one attached hydrogen (secondary N) is 1. The van der Waals surface area contributed by atoms with Crippen LogP contribution >= 0.6 is 11.6 Å². The number of carbonyl (C=O) groups is 2. The van der Waals surface area contributed by atoms with E-state index in [-0.39, 0.29) is 18.0 Å². The smallest absolute Gasteiger partial charge is 0.322 e. The van der Waals surface area contributed by atoms with Gasteiger partial charge in [-0.15, -0.1) is 0 Å². The van der Waals surface area contributed by atoms with Gasteiger partial charge in [-0.3, -0.25) is 4.79 Å². The Morgan fingerprint density at radius 3 is 2.87 bits per heavy atom. The molecule has 0 aliphatic carbocycles. The Hall–Kier alpha value is -1.75. The highest BCUT2D eigenvalue weighted by Crippen LogP contribution is 2.22. The molecule has 0 bridgehead atoms. The Morgan fingerprint density at radius 1 is 1.26 bits per heavy atom. The van der Waals surface area contributed by atoms with E-state index in [1.54, 1.807) is 12.1 Å². The molecule has 0 aromatic heterocycles. The molecule has 5 nitrogen and oxygen atoms in total. The summed E-state index contributed by atoms with van der Waals surface area (Å²) in [6.07, 6.45) is 4.63. The molecule has 0 unspecified atom stereocenters. The summed E-state index contributed by atoms with van der Waals surface area (Å²) < 4.78 is 0. The summed E-state index contributed by atoms with van der Waals surface area (Å²) >= 11 is 5.96. The number of amides is 3. The Balaban J connectivity index is 1.65. The van der Waals surface area contributed by atoms with Crippen LogP contribution in [0.4, 0.5) is 10.5 Å². The Morgan fingerprint density at radius 2 is 2.13 bits per heavy atom. The molecule has 1 aromatic rings. The van der Waals surface area contributed by atoms with Crippen LogP contribution in [0.25, 0.3) is 0 Å². The average Bonchev–Trinajstić information content (AvgIpc) is 2.93. The fraction of sp³-hybridized carbons (Fsp3) is 0.529. The number of anilines is 1. The lowest BCUT2D eigenvalue weighted by Gasteiger charge is -2.37. The van der Waals surface area contributed by atoms with Gasteiger partial charge in [0.15, 0.2) is 0 Å². The third-order valence-corrected chi connectivity index (χ3v) is 4.80. The van der Waals surface area contributed by atoms with E-state index in [1.807, 2.05) is 21.9 Å². The van der Waals surface area contributed by atoms with Crippen LogP contribution in [0.3, 0.4) is 0 Å². The van der Waals surface area contributed by atoms with E-state index >= 15 is 0 Å². The lowest BCUT2D eigenvalue weighted by Crippen LogP contribution is -2.51. The molecule has 1 N–H and O–H groups in total. The molecule has 3 rings (SSSR count). The standard InChI is InChI=1S/C17H22ClN3O2/c18-13-5-3-6-14(11-13)19-17(23)21-10-2-1-7-15(21)12-20-9-4-8-16(20)22/h3,5-6,11,15H,1-2,4,7-10,12H2,(H,19,23)/t15-/m0/s1. The summed E-state index contributed by atoms with van der Waals surface area (Å²) in [5, 5.41) is 3.52. The minimum absolute atomic E-state index is 0.102. The third-order valence-electron chi connectivity index (χ3n) is 4.57. The molecule has 23 heavy (non-hydrogen) atoms. The first-order valence-corrected chi connectivity index (χ1v) is 8.62. The van der Waals surface area contributed by atoms with Crippen LogP contribution in [0.2, 0.25) is 5.02 Å². The second-order valence-electron chi connectivity index (χ2n) is 6.23. The molecular weight excluding hydrogens is 314 g/mol. The maximum absolute atomic E-state index is 12.6. The minimum atomic E-state index is -0.108. The van der Waals surface area contributed by atoms with Gasteiger partial charge in [-0.05, 0) is 43.9 Å². The molecule has 2 heterocycles. The third kappa shape index (κ3) is 3.96. The number of likely N-dealkylation sites (tertiary alicyclic amines) is 2. The SMILES string of the molecule is O=C1CCCN1C[C@@H]1CCCCN1C(=O)Nc1cccc(Cl)c1. The van der Waals surface area contributed by atoms with E-state index < -0.39 is 0 Å².